The lowest BCUT2D eigenvalue weighted by Crippen LogP contribution is -2.51. The van der Waals surface area contributed by atoms with Gasteiger partial charge in [0.15, 0.2) is 0 Å². The summed E-state index contributed by atoms with van der Waals surface area (Å²) < 4.78 is 63.5. The molecule has 2 aromatic rings. The highest BCUT2D eigenvalue weighted by Crippen LogP contribution is 2.18. The van der Waals surface area contributed by atoms with Crippen molar-refractivity contribution in [3.8, 4) is 11.4 Å². The summed E-state index contributed by atoms with van der Waals surface area (Å²) in [5, 5.41) is 23.5. The smallest absolute Gasteiger partial charge is 0.475 e. The molecule has 2 heterocycles. The maximum atomic E-state index is 11.7. The van der Waals surface area contributed by atoms with Crippen LogP contribution in [0.25, 0.3) is 11.4 Å². The molecule has 0 amide bonds. The minimum Gasteiger partial charge on any atom is -0.475 e. The number of hydrogen-bond acceptors (Lipinski definition) is 8. The molecule has 6 N–H and O–H groups in total. The van der Waals surface area contributed by atoms with Gasteiger partial charge >= 0.3 is 24.3 Å². The molecule has 11 nitrogen and oxygen atoms in total. The van der Waals surface area contributed by atoms with E-state index in [1.165, 1.54) is 11.6 Å². The number of nitrogens with zero attached hydrogens (tertiary/aromatic N) is 3. The van der Waals surface area contributed by atoms with Crippen LogP contribution in [0.2, 0.25) is 0 Å². The second kappa shape index (κ2) is 15.3. The van der Waals surface area contributed by atoms with Crippen LogP contribution in [-0.2, 0) is 22.7 Å². The van der Waals surface area contributed by atoms with E-state index in [9.17, 15) is 36.2 Å². The number of aromatic amines is 1. The molecule has 1 aliphatic rings. The van der Waals surface area contributed by atoms with E-state index in [1.54, 1.807) is 0 Å². The van der Waals surface area contributed by atoms with Gasteiger partial charge in [-0.3, -0.25) is 9.69 Å². The van der Waals surface area contributed by atoms with Crippen molar-refractivity contribution in [1.82, 2.24) is 19.8 Å². The monoisotopic (exact) mass is 585 g/mol. The first-order valence-electron chi connectivity index (χ1n) is 11.5. The number of nitrogens with two attached hydrogens (primary N) is 1. The van der Waals surface area contributed by atoms with Crippen LogP contribution in [-0.4, -0.2) is 98.7 Å². The van der Waals surface area contributed by atoms with E-state index >= 15 is 0 Å². The molecule has 3 rings (SSSR count). The van der Waals surface area contributed by atoms with E-state index in [4.69, 9.17) is 25.5 Å². The van der Waals surface area contributed by atoms with Gasteiger partial charge in [0.2, 0.25) is 0 Å². The fourth-order valence-electron chi connectivity index (χ4n) is 3.39. The molecule has 1 aromatic heterocycles. The summed E-state index contributed by atoms with van der Waals surface area (Å²) in [5.41, 5.74) is 8.09. The third kappa shape index (κ3) is 12.1. The summed E-state index contributed by atoms with van der Waals surface area (Å²) in [7, 11) is 2.12. The molecular weight excluding hydrogens is 556 g/mol. The Morgan fingerprint density at radius 2 is 1.57 bits per heavy atom. The van der Waals surface area contributed by atoms with Gasteiger partial charge in [-0.2, -0.15) is 26.3 Å². The molecule has 1 unspecified atom stereocenters. The molecule has 17 heteroatoms. The molecule has 1 fully saturated rings. The van der Waals surface area contributed by atoms with Gasteiger partial charge in [-0.15, -0.1) is 0 Å². The SMILES string of the molecule is CN1CCN(Cc2ccc(-c3nc(CN)cc(=O)[nH]3)cc2)CC1CCO.O=C(O)C(F)(F)F.O=C(O)C(F)(F)F. The Morgan fingerprint density at radius 1 is 1.05 bits per heavy atom. The maximum absolute atomic E-state index is 11.7. The molecule has 0 aliphatic carbocycles. The molecule has 40 heavy (non-hydrogen) atoms. The van der Waals surface area contributed by atoms with Gasteiger partial charge in [0.25, 0.3) is 5.56 Å². The molecule has 1 atom stereocenters. The standard InChI is InChI=1S/C19H27N5O2.2C2HF3O2/c1-23-7-8-24(13-17(23)6-9-25)12-14-2-4-15(5-3-14)19-21-16(11-20)10-18(26)22-19;2*3-2(4,5)1(6)7/h2-5,10,17,25H,6-9,11-13,20H2,1H3,(H,21,22,26);2*(H,6,7). The Kier molecular flexibility index (Phi) is 13.2. The number of likely N-dealkylation sites (N-methyl/N-ethyl adjacent to an activating group) is 1. The number of aliphatic carboxylic acids is 2. The number of hydrogen-bond donors (Lipinski definition) is 5. The summed E-state index contributed by atoms with van der Waals surface area (Å²) in [5.74, 6) is -4.97. The summed E-state index contributed by atoms with van der Waals surface area (Å²) in [6.07, 6.45) is -9.36. The number of H-pyrrole nitrogens is 1. The average Bonchev–Trinajstić information content (AvgIpc) is 2.86. The minimum absolute atomic E-state index is 0.188. The second-order valence-corrected chi connectivity index (χ2v) is 8.47. The Morgan fingerprint density at radius 3 is 2.02 bits per heavy atom. The van der Waals surface area contributed by atoms with E-state index < -0.39 is 24.3 Å². The van der Waals surface area contributed by atoms with Gasteiger partial charge in [0.05, 0.1) is 5.69 Å². The number of aromatic nitrogens is 2. The van der Waals surface area contributed by atoms with E-state index in [-0.39, 0.29) is 18.7 Å². The lowest BCUT2D eigenvalue weighted by molar-refractivity contribution is -0.193. The highest BCUT2D eigenvalue weighted by atomic mass is 19.4. The number of nitrogens with one attached hydrogen (secondary N) is 1. The van der Waals surface area contributed by atoms with E-state index in [0.29, 0.717) is 17.6 Å². The maximum Gasteiger partial charge on any atom is 0.490 e. The molecule has 1 saturated heterocycles. The van der Waals surface area contributed by atoms with Gasteiger partial charge in [0.1, 0.15) is 5.82 Å². The van der Waals surface area contributed by atoms with Crippen molar-refractivity contribution in [2.45, 2.75) is 37.9 Å². The number of carboxylic acid groups (broad SMARTS) is 2. The topological polar surface area (TPSA) is 173 Å². The second-order valence-electron chi connectivity index (χ2n) is 8.47. The number of aliphatic hydroxyl groups excluding tert-OH is 1. The number of carbonyl (C=O) groups is 2. The number of halogens is 6. The Hall–Kier alpha value is -3.54. The van der Waals surface area contributed by atoms with Crippen molar-refractivity contribution < 1.29 is 51.3 Å². The van der Waals surface area contributed by atoms with Crippen LogP contribution >= 0.6 is 0 Å². The number of alkyl halides is 6. The lowest BCUT2D eigenvalue weighted by atomic mass is 10.1. The number of rotatable bonds is 6. The van der Waals surface area contributed by atoms with Crippen molar-refractivity contribution >= 4 is 11.9 Å². The van der Waals surface area contributed by atoms with Crippen LogP contribution in [0.1, 0.15) is 17.7 Å². The molecular formula is C23H29F6N5O6. The van der Waals surface area contributed by atoms with Crippen molar-refractivity contribution in [2.75, 3.05) is 33.3 Å². The molecule has 224 valence electrons. The molecule has 1 aliphatic heterocycles. The van der Waals surface area contributed by atoms with E-state index in [0.717, 1.165) is 38.2 Å². The van der Waals surface area contributed by atoms with Crippen LogP contribution < -0.4 is 11.3 Å². The summed E-state index contributed by atoms with van der Waals surface area (Å²) in [6, 6.07) is 9.94. The Labute approximate surface area is 223 Å². The predicted octanol–water partition coefficient (Wildman–Crippen LogP) is 1.66. The first-order chi connectivity index (χ1) is 18.5. The lowest BCUT2D eigenvalue weighted by Gasteiger charge is -2.39. The Bertz CT molecular complexity index is 1130. The van der Waals surface area contributed by atoms with Gasteiger partial charge < -0.3 is 30.9 Å². The van der Waals surface area contributed by atoms with Crippen LogP contribution in [0.4, 0.5) is 26.3 Å². The summed E-state index contributed by atoms with van der Waals surface area (Å²) in [6.45, 7) is 4.35. The third-order valence-electron chi connectivity index (χ3n) is 5.45. The third-order valence-corrected chi connectivity index (χ3v) is 5.45. The van der Waals surface area contributed by atoms with Crippen LogP contribution in [0.15, 0.2) is 35.1 Å². The molecule has 0 bridgehead atoms. The van der Waals surface area contributed by atoms with Gasteiger partial charge in [0, 0.05) is 57.0 Å². The average molecular weight is 586 g/mol. The van der Waals surface area contributed by atoms with Crippen molar-refractivity contribution in [3.05, 3.63) is 51.9 Å². The largest absolute Gasteiger partial charge is 0.490 e. The number of piperazine rings is 1. The number of carboxylic acids is 2. The predicted molar refractivity (Wildman–Crippen MR) is 129 cm³/mol. The zero-order chi connectivity index (χ0) is 30.7. The van der Waals surface area contributed by atoms with Gasteiger partial charge in [-0.05, 0) is 19.0 Å². The molecule has 0 saturated carbocycles. The van der Waals surface area contributed by atoms with E-state index in [1.807, 2.05) is 12.1 Å². The number of aliphatic hydroxyl groups is 1. The van der Waals surface area contributed by atoms with Gasteiger partial charge in [-0.1, -0.05) is 24.3 Å². The zero-order valence-electron chi connectivity index (χ0n) is 21.2. The minimum atomic E-state index is -5.08. The highest BCUT2D eigenvalue weighted by Gasteiger charge is 2.38. The van der Waals surface area contributed by atoms with Crippen molar-refractivity contribution in [1.29, 1.82) is 0 Å². The van der Waals surface area contributed by atoms with Gasteiger partial charge in [-0.25, -0.2) is 14.6 Å². The normalized spacial score (nSPS) is 16.3. The first-order valence-corrected chi connectivity index (χ1v) is 11.5. The van der Waals surface area contributed by atoms with Crippen LogP contribution in [0.3, 0.4) is 0 Å². The molecule has 1 aromatic carbocycles. The Balaban J connectivity index is 0.000000473. The van der Waals surface area contributed by atoms with Crippen LogP contribution in [0, 0.1) is 0 Å². The molecule has 0 spiro atoms. The number of benzene rings is 1. The van der Waals surface area contributed by atoms with Crippen LogP contribution in [0.5, 0.6) is 0 Å². The quantitative estimate of drug-likeness (QED) is 0.314. The zero-order valence-corrected chi connectivity index (χ0v) is 21.2. The first kappa shape index (κ1) is 34.5. The summed E-state index contributed by atoms with van der Waals surface area (Å²) >= 11 is 0. The summed E-state index contributed by atoms with van der Waals surface area (Å²) in [4.78, 5) is 41.4. The van der Waals surface area contributed by atoms with Crippen molar-refractivity contribution in [2.24, 2.45) is 5.73 Å². The van der Waals surface area contributed by atoms with E-state index in [2.05, 4.69) is 38.9 Å². The fraction of sp³-hybridized carbons (Fsp3) is 0.478. The fourth-order valence-corrected chi connectivity index (χ4v) is 3.39. The highest BCUT2D eigenvalue weighted by molar-refractivity contribution is 5.73. The van der Waals surface area contributed by atoms with Crippen molar-refractivity contribution in [3.63, 3.8) is 0 Å². The molecule has 0 radical (unpaired) electrons.